The van der Waals surface area contributed by atoms with Crippen LogP contribution in [0.1, 0.15) is 45.2 Å². The molecule has 1 unspecified atom stereocenters. The van der Waals surface area contributed by atoms with E-state index in [2.05, 4.69) is 61.3 Å². The van der Waals surface area contributed by atoms with Crippen LogP contribution in [-0.2, 0) is 0 Å². The number of nitrogens with one attached hydrogen (secondary N) is 1. The van der Waals surface area contributed by atoms with Gasteiger partial charge in [0.25, 0.3) is 0 Å². The predicted octanol–water partition coefficient (Wildman–Crippen LogP) is 3.71. The highest BCUT2D eigenvalue weighted by Gasteiger charge is 2.23. The van der Waals surface area contributed by atoms with E-state index in [0.29, 0.717) is 6.04 Å². The van der Waals surface area contributed by atoms with Crippen LogP contribution in [0.4, 0.5) is 0 Å². The minimum Gasteiger partial charge on any atom is -0.316 e. The smallest absolute Gasteiger partial charge is 0.0319 e. The van der Waals surface area contributed by atoms with Crippen molar-refractivity contribution < 1.29 is 0 Å². The van der Waals surface area contributed by atoms with Crippen LogP contribution in [0.3, 0.4) is 0 Å². The van der Waals surface area contributed by atoms with Gasteiger partial charge >= 0.3 is 0 Å². The first kappa shape index (κ1) is 15.5. The van der Waals surface area contributed by atoms with Crippen molar-refractivity contribution in [1.82, 2.24) is 10.2 Å². The molecule has 2 heteroatoms. The molecule has 1 aromatic rings. The maximum absolute atomic E-state index is 3.61. The average Bonchev–Trinajstić information content (AvgIpc) is 2.48. The first-order valence-corrected chi connectivity index (χ1v) is 8.16. The van der Waals surface area contributed by atoms with E-state index in [-0.39, 0.29) is 0 Å². The van der Waals surface area contributed by atoms with Crippen LogP contribution in [0.5, 0.6) is 0 Å². The Balaban J connectivity index is 1.74. The maximum atomic E-state index is 3.61. The number of nitrogens with zero attached hydrogens (tertiary/aromatic N) is 1. The zero-order valence-corrected chi connectivity index (χ0v) is 13.3. The Morgan fingerprint density at radius 2 is 1.75 bits per heavy atom. The molecule has 0 saturated carbocycles. The van der Waals surface area contributed by atoms with Gasteiger partial charge in [-0.2, -0.15) is 0 Å². The summed E-state index contributed by atoms with van der Waals surface area (Å²) in [6.45, 7) is 11.7. The molecule has 1 saturated heterocycles. The van der Waals surface area contributed by atoms with Crippen molar-refractivity contribution in [3.05, 3.63) is 35.9 Å². The maximum Gasteiger partial charge on any atom is 0.0319 e. The molecule has 0 amide bonds. The molecular weight excluding hydrogens is 244 g/mol. The summed E-state index contributed by atoms with van der Waals surface area (Å²) in [6.07, 6.45) is 2.67. The molecule has 0 spiro atoms. The lowest BCUT2D eigenvalue weighted by atomic mass is 9.94. The molecule has 0 aliphatic carbocycles. The summed E-state index contributed by atoms with van der Waals surface area (Å²) >= 11 is 0. The highest BCUT2D eigenvalue weighted by atomic mass is 15.2. The molecule has 20 heavy (non-hydrogen) atoms. The standard InChI is InChI=1S/C18H30N2/c1-15(2)13-19-14-17-9-11-20(12-10-17)16(3)18-7-5-4-6-8-18/h4-8,15-17,19H,9-14H2,1-3H3. The van der Waals surface area contributed by atoms with Gasteiger partial charge in [0.05, 0.1) is 0 Å². The third kappa shape index (κ3) is 4.60. The summed E-state index contributed by atoms with van der Waals surface area (Å²) in [5, 5.41) is 3.61. The Kier molecular flexibility index (Phi) is 6.06. The van der Waals surface area contributed by atoms with Gasteiger partial charge in [-0.05, 0) is 63.3 Å². The largest absolute Gasteiger partial charge is 0.316 e. The molecule has 1 heterocycles. The molecule has 1 aromatic carbocycles. The zero-order valence-electron chi connectivity index (χ0n) is 13.3. The van der Waals surface area contributed by atoms with Crippen molar-refractivity contribution in [2.24, 2.45) is 11.8 Å². The highest BCUT2D eigenvalue weighted by molar-refractivity contribution is 5.18. The Labute approximate surface area is 124 Å². The van der Waals surface area contributed by atoms with E-state index < -0.39 is 0 Å². The molecule has 112 valence electrons. The minimum absolute atomic E-state index is 0.556. The lowest BCUT2D eigenvalue weighted by molar-refractivity contribution is 0.140. The van der Waals surface area contributed by atoms with Crippen LogP contribution in [0.15, 0.2) is 30.3 Å². The van der Waals surface area contributed by atoms with Gasteiger partial charge in [0, 0.05) is 6.04 Å². The van der Waals surface area contributed by atoms with Crippen LogP contribution in [0.2, 0.25) is 0 Å². The molecule has 2 nitrogen and oxygen atoms in total. The third-order valence-electron chi connectivity index (χ3n) is 4.46. The lowest BCUT2D eigenvalue weighted by Crippen LogP contribution is -2.39. The van der Waals surface area contributed by atoms with Gasteiger partial charge in [-0.1, -0.05) is 44.2 Å². The molecule has 1 N–H and O–H groups in total. The summed E-state index contributed by atoms with van der Waals surface area (Å²) in [6, 6.07) is 11.5. The average molecular weight is 274 g/mol. The molecule has 1 aliphatic rings. The molecule has 1 aliphatic heterocycles. The highest BCUT2D eigenvalue weighted by Crippen LogP contribution is 2.26. The SMILES string of the molecule is CC(C)CNCC1CCN(C(C)c2ccccc2)CC1. The normalized spacial score (nSPS) is 19.4. The molecule has 0 radical (unpaired) electrons. The van der Waals surface area contributed by atoms with Crippen LogP contribution in [0, 0.1) is 11.8 Å². The molecule has 1 fully saturated rings. The Hall–Kier alpha value is -0.860. The molecular formula is C18H30N2. The Bertz CT molecular complexity index is 366. The van der Waals surface area contributed by atoms with Crippen LogP contribution in [0.25, 0.3) is 0 Å². The van der Waals surface area contributed by atoms with Crippen molar-refractivity contribution in [3.63, 3.8) is 0 Å². The second-order valence-corrected chi connectivity index (χ2v) is 6.62. The fraction of sp³-hybridized carbons (Fsp3) is 0.667. The Morgan fingerprint density at radius 3 is 2.35 bits per heavy atom. The molecule has 1 atom stereocenters. The van der Waals surface area contributed by atoms with E-state index in [0.717, 1.165) is 18.4 Å². The van der Waals surface area contributed by atoms with Gasteiger partial charge < -0.3 is 5.32 Å². The molecule has 0 bridgehead atoms. The van der Waals surface area contributed by atoms with Gasteiger partial charge in [0.2, 0.25) is 0 Å². The second kappa shape index (κ2) is 7.80. The topological polar surface area (TPSA) is 15.3 Å². The van der Waals surface area contributed by atoms with Crippen LogP contribution in [-0.4, -0.2) is 31.1 Å². The lowest BCUT2D eigenvalue weighted by Gasteiger charge is -2.36. The summed E-state index contributed by atoms with van der Waals surface area (Å²) < 4.78 is 0. The summed E-state index contributed by atoms with van der Waals surface area (Å²) in [7, 11) is 0. The Morgan fingerprint density at radius 1 is 1.10 bits per heavy atom. The van der Waals surface area contributed by atoms with Crippen molar-refractivity contribution in [2.45, 2.75) is 39.7 Å². The fourth-order valence-corrected chi connectivity index (χ4v) is 3.06. The van der Waals surface area contributed by atoms with Crippen molar-refractivity contribution >= 4 is 0 Å². The summed E-state index contributed by atoms with van der Waals surface area (Å²) in [5.74, 6) is 1.63. The van der Waals surface area contributed by atoms with Gasteiger partial charge in [-0.3, -0.25) is 4.90 Å². The van der Waals surface area contributed by atoms with E-state index >= 15 is 0 Å². The number of hydrogen-bond acceptors (Lipinski definition) is 2. The number of rotatable bonds is 6. The summed E-state index contributed by atoms with van der Waals surface area (Å²) in [5.41, 5.74) is 1.45. The number of benzene rings is 1. The van der Waals surface area contributed by atoms with Gasteiger partial charge in [0.15, 0.2) is 0 Å². The van der Waals surface area contributed by atoms with Crippen molar-refractivity contribution in [1.29, 1.82) is 0 Å². The predicted molar refractivity (Wildman–Crippen MR) is 86.9 cm³/mol. The zero-order chi connectivity index (χ0) is 14.4. The first-order valence-electron chi connectivity index (χ1n) is 8.16. The summed E-state index contributed by atoms with van der Waals surface area (Å²) in [4.78, 5) is 2.63. The van der Waals surface area contributed by atoms with E-state index in [1.54, 1.807) is 0 Å². The fourth-order valence-electron chi connectivity index (χ4n) is 3.06. The number of hydrogen-bond donors (Lipinski definition) is 1. The van der Waals surface area contributed by atoms with E-state index in [1.165, 1.54) is 38.0 Å². The van der Waals surface area contributed by atoms with Gasteiger partial charge in [-0.25, -0.2) is 0 Å². The second-order valence-electron chi connectivity index (χ2n) is 6.62. The van der Waals surface area contributed by atoms with Crippen molar-refractivity contribution in [3.8, 4) is 0 Å². The quantitative estimate of drug-likeness (QED) is 0.851. The molecule has 0 aromatic heterocycles. The van der Waals surface area contributed by atoms with Crippen molar-refractivity contribution in [2.75, 3.05) is 26.2 Å². The number of piperidine rings is 1. The van der Waals surface area contributed by atoms with E-state index in [4.69, 9.17) is 0 Å². The van der Waals surface area contributed by atoms with E-state index in [1.807, 2.05) is 0 Å². The number of likely N-dealkylation sites (tertiary alicyclic amines) is 1. The minimum atomic E-state index is 0.556. The molecule has 2 rings (SSSR count). The first-order chi connectivity index (χ1) is 9.66. The van der Waals surface area contributed by atoms with E-state index in [9.17, 15) is 0 Å². The van der Waals surface area contributed by atoms with Gasteiger partial charge in [0.1, 0.15) is 0 Å². The van der Waals surface area contributed by atoms with Gasteiger partial charge in [-0.15, -0.1) is 0 Å². The van der Waals surface area contributed by atoms with Crippen LogP contribution >= 0.6 is 0 Å². The third-order valence-corrected chi connectivity index (χ3v) is 4.46. The van der Waals surface area contributed by atoms with Crippen LogP contribution < -0.4 is 5.32 Å². The monoisotopic (exact) mass is 274 g/mol.